The summed E-state index contributed by atoms with van der Waals surface area (Å²) in [5.41, 5.74) is 8.89. The van der Waals surface area contributed by atoms with Crippen LogP contribution in [0.25, 0.3) is 33.6 Å². The summed E-state index contributed by atoms with van der Waals surface area (Å²) in [5, 5.41) is 7.99. The molecule has 1 saturated heterocycles. The van der Waals surface area contributed by atoms with Crippen LogP contribution >= 0.6 is 0 Å². The van der Waals surface area contributed by atoms with Crippen molar-refractivity contribution >= 4 is 50.5 Å². The first-order valence-electron chi connectivity index (χ1n) is 13.2. The van der Waals surface area contributed by atoms with E-state index in [1.165, 1.54) is 5.69 Å². The number of benzene rings is 1. The third-order valence-electron chi connectivity index (χ3n) is 6.90. The molecule has 1 aliphatic heterocycles. The molecule has 6 aromatic rings. The van der Waals surface area contributed by atoms with Gasteiger partial charge in [0, 0.05) is 65.5 Å². The van der Waals surface area contributed by atoms with Gasteiger partial charge in [0.25, 0.3) is 0 Å². The molecule has 3 N–H and O–H groups in total. The molecule has 6 heterocycles. The molecule has 0 aliphatic carbocycles. The molecule has 0 amide bonds. The van der Waals surface area contributed by atoms with Gasteiger partial charge in [-0.1, -0.05) is 0 Å². The average Bonchev–Trinajstić information content (AvgIpc) is 3.42. The Kier molecular flexibility index (Phi) is 6.14. The molecule has 0 spiro atoms. The molecule has 198 valence electrons. The summed E-state index contributed by atoms with van der Waals surface area (Å²) in [6.07, 6.45) is 7.16. The van der Waals surface area contributed by atoms with E-state index in [2.05, 4.69) is 58.7 Å². The van der Waals surface area contributed by atoms with Crippen molar-refractivity contribution in [3.63, 3.8) is 0 Å². The van der Waals surface area contributed by atoms with Crippen LogP contribution in [0.1, 0.15) is 5.69 Å². The lowest BCUT2D eigenvalue weighted by atomic mass is 10.1. The Labute approximate surface area is 230 Å². The normalized spacial score (nSPS) is 13.6. The number of rotatable bonds is 6. The lowest BCUT2D eigenvalue weighted by molar-refractivity contribution is 0.122. The number of nitrogens with zero attached hydrogens (tertiary/aromatic N) is 6. The first-order valence-corrected chi connectivity index (χ1v) is 13.2. The lowest BCUT2D eigenvalue weighted by Gasteiger charge is -2.29. The van der Waals surface area contributed by atoms with Gasteiger partial charge in [0.1, 0.15) is 11.2 Å². The molecule has 10 heteroatoms. The predicted octanol–water partition coefficient (Wildman–Crippen LogP) is 5.60. The standard InChI is InChI=1S/C30H27N9O/c1-19-14-20(4-7-31-19)35-22-16-28-29(34-18-22)38-30(37-28)27-15-21(5-8-33-27)36-26-6-9-32-25-3-2-23(17-24(25)26)39-10-12-40-13-11-39/h2-9,14-18H,10-13H2,1H3,(H,31,35)(H,32,33,36)(H,34,37,38). The summed E-state index contributed by atoms with van der Waals surface area (Å²) in [6.45, 7) is 5.22. The van der Waals surface area contributed by atoms with Crippen LogP contribution < -0.4 is 15.5 Å². The Morgan fingerprint density at radius 2 is 1.60 bits per heavy atom. The Morgan fingerprint density at radius 3 is 2.48 bits per heavy atom. The van der Waals surface area contributed by atoms with Gasteiger partial charge >= 0.3 is 0 Å². The number of hydrogen-bond acceptors (Lipinski definition) is 9. The zero-order valence-corrected chi connectivity index (χ0v) is 21.9. The van der Waals surface area contributed by atoms with Crippen LogP contribution in [0.2, 0.25) is 0 Å². The maximum atomic E-state index is 5.52. The number of aromatic amines is 1. The minimum Gasteiger partial charge on any atom is -0.378 e. The van der Waals surface area contributed by atoms with Crippen LogP contribution in [0.15, 0.2) is 79.4 Å². The second kappa shape index (κ2) is 10.2. The predicted molar refractivity (Wildman–Crippen MR) is 157 cm³/mol. The monoisotopic (exact) mass is 529 g/mol. The number of anilines is 5. The van der Waals surface area contributed by atoms with Gasteiger partial charge < -0.3 is 25.3 Å². The quantitative estimate of drug-likeness (QED) is 0.254. The number of ether oxygens (including phenoxy) is 1. The van der Waals surface area contributed by atoms with Crippen molar-refractivity contribution < 1.29 is 4.74 Å². The highest BCUT2D eigenvalue weighted by Crippen LogP contribution is 2.30. The summed E-state index contributed by atoms with van der Waals surface area (Å²) in [4.78, 5) is 28.4. The van der Waals surface area contributed by atoms with Crippen LogP contribution in [-0.2, 0) is 4.74 Å². The van der Waals surface area contributed by atoms with Crippen molar-refractivity contribution in [2.45, 2.75) is 6.92 Å². The van der Waals surface area contributed by atoms with Crippen molar-refractivity contribution in [3.05, 3.63) is 85.1 Å². The zero-order chi connectivity index (χ0) is 26.9. The van der Waals surface area contributed by atoms with Gasteiger partial charge in [0.05, 0.1) is 30.6 Å². The number of imidazole rings is 1. The van der Waals surface area contributed by atoms with E-state index in [4.69, 9.17) is 9.72 Å². The Bertz CT molecular complexity index is 1830. The second-order valence-electron chi connectivity index (χ2n) is 9.70. The van der Waals surface area contributed by atoms with Gasteiger partial charge in [-0.15, -0.1) is 0 Å². The fraction of sp³-hybridized carbons (Fsp3) is 0.167. The number of aromatic nitrogens is 6. The summed E-state index contributed by atoms with van der Waals surface area (Å²) < 4.78 is 5.52. The largest absolute Gasteiger partial charge is 0.378 e. The Hall–Kier alpha value is -5.09. The highest BCUT2D eigenvalue weighted by Gasteiger charge is 2.14. The van der Waals surface area contributed by atoms with E-state index in [1.807, 2.05) is 49.5 Å². The number of H-pyrrole nitrogens is 1. The van der Waals surface area contributed by atoms with Gasteiger partial charge in [-0.05, 0) is 61.5 Å². The van der Waals surface area contributed by atoms with Crippen molar-refractivity contribution in [2.24, 2.45) is 0 Å². The van der Waals surface area contributed by atoms with Crippen LogP contribution in [0.4, 0.5) is 28.4 Å². The SMILES string of the molecule is Cc1cc(Nc2cnc3[nH]c(-c4cc(Nc5ccnc6ccc(N7CCOCC7)cc56)ccn4)nc3c2)ccn1. The number of aryl methyl sites for hydroxylation is 1. The highest BCUT2D eigenvalue weighted by atomic mass is 16.5. The van der Waals surface area contributed by atoms with Crippen molar-refractivity contribution in [1.82, 2.24) is 29.9 Å². The van der Waals surface area contributed by atoms with E-state index in [0.717, 1.165) is 76.9 Å². The third-order valence-corrected chi connectivity index (χ3v) is 6.90. The fourth-order valence-corrected chi connectivity index (χ4v) is 4.93. The fourth-order valence-electron chi connectivity index (χ4n) is 4.93. The molecule has 5 aromatic heterocycles. The molecule has 0 unspecified atom stereocenters. The summed E-state index contributed by atoms with van der Waals surface area (Å²) in [6, 6.07) is 18.2. The molecule has 10 nitrogen and oxygen atoms in total. The number of morpholine rings is 1. The molecule has 0 saturated carbocycles. The van der Waals surface area contributed by atoms with Gasteiger partial charge in [-0.25, -0.2) is 9.97 Å². The molecule has 40 heavy (non-hydrogen) atoms. The third kappa shape index (κ3) is 4.87. The Morgan fingerprint density at radius 1 is 0.775 bits per heavy atom. The maximum Gasteiger partial charge on any atom is 0.158 e. The van der Waals surface area contributed by atoms with Crippen molar-refractivity contribution in [1.29, 1.82) is 0 Å². The maximum absolute atomic E-state index is 5.52. The van der Waals surface area contributed by atoms with Crippen LogP contribution in [0, 0.1) is 6.92 Å². The smallest absolute Gasteiger partial charge is 0.158 e. The van der Waals surface area contributed by atoms with Crippen LogP contribution in [0.3, 0.4) is 0 Å². The van der Waals surface area contributed by atoms with Gasteiger partial charge in [-0.3, -0.25) is 15.0 Å². The lowest BCUT2D eigenvalue weighted by Crippen LogP contribution is -2.36. The topological polar surface area (TPSA) is 117 Å². The summed E-state index contributed by atoms with van der Waals surface area (Å²) in [7, 11) is 0. The van der Waals surface area contributed by atoms with Gasteiger partial charge in [0.2, 0.25) is 0 Å². The molecule has 0 radical (unpaired) electrons. The van der Waals surface area contributed by atoms with E-state index >= 15 is 0 Å². The summed E-state index contributed by atoms with van der Waals surface area (Å²) >= 11 is 0. The van der Waals surface area contributed by atoms with Crippen LogP contribution in [-0.4, -0.2) is 56.2 Å². The van der Waals surface area contributed by atoms with E-state index in [-0.39, 0.29) is 0 Å². The summed E-state index contributed by atoms with van der Waals surface area (Å²) in [5.74, 6) is 0.650. The first kappa shape index (κ1) is 24.0. The molecular weight excluding hydrogens is 502 g/mol. The Balaban J connectivity index is 1.16. The molecular formula is C30H27N9O. The van der Waals surface area contributed by atoms with Gasteiger partial charge in [0.15, 0.2) is 11.5 Å². The molecule has 1 aromatic carbocycles. The molecule has 1 fully saturated rings. The highest BCUT2D eigenvalue weighted by molar-refractivity contribution is 5.95. The van der Waals surface area contributed by atoms with Crippen molar-refractivity contribution in [2.75, 3.05) is 41.8 Å². The number of nitrogens with one attached hydrogen (secondary N) is 3. The van der Waals surface area contributed by atoms with Gasteiger partial charge in [-0.2, -0.15) is 0 Å². The van der Waals surface area contributed by atoms with Crippen LogP contribution in [0.5, 0.6) is 0 Å². The van der Waals surface area contributed by atoms with E-state index < -0.39 is 0 Å². The zero-order valence-electron chi connectivity index (χ0n) is 21.9. The van der Waals surface area contributed by atoms with E-state index in [0.29, 0.717) is 11.5 Å². The first-order chi connectivity index (χ1) is 19.7. The minimum atomic E-state index is 0.650. The molecule has 1 aliphatic rings. The minimum absolute atomic E-state index is 0.650. The number of pyridine rings is 4. The molecule has 0 atom stereocenters. The van der Waals surface area contributed by atoms with E-state index in [1.54, 1.807) is 18.6 Å². The second-order valence-corrected chi connectivity index (χ2v) is 9.70. The molecule has 0 bridgehead atoms. The number of hydrogen-bond donors (Lipinski definition) is 3. The van der Waals surface area contributed by atoms with Crippen molar-refractivity contribution in [3.8, 4) is 11.5 Å². The molecule has 7 rings (SSSR count). The van der Waals surface area contributed by atoms with E-state index in [9.17, 15) is 0 Å². The average molecular weight is 530 g/mol. The number of fused-ring (bicyclic) bond motifs is 2.